The Morgan fingerprint density at radius 3 is 2.56 bits per heavy atom. The molecule has 11 nitrogen and oxygen atoms in total. The highest BCUT2D eigenvalue weighted by Crippen LogP contribution is 2.35. The van der Waals surface area contributed by atoms with Gasteiger partial charge in [-0.3, -0.25) is 9.59 Å². The minimum Gasteiger partial charge on any atom is -0.444 e. The molecule has 226 valence electrons. The number of carbonyl (C=O) groups excluding carboxylic acids is 2. The van der Waals surface area contributed by atoms with Gasteiger partial charge in [-0.25, -0.2) is 9.78 Å². The molecule has 1 aromatic carbocycles. The van der Waals surface area contributed by atoms with Gasteiger partial charge in [0.1, 0.15) is 21.8 Å². The molecule has 1 N–H and O–H groups in total. The maximum atomic E-state index is 13.7. The number of hydrogen-bond acceptors (Lipinski definition) is 9. The third-order valence-electron chi connectivity index (χ3n) is 7.24. The number of rotatable bonds is 7. The third kappa shape index (κ3) is 6.69. The highest BCUT2D eigenvalue weighted by atomic mass is 32.1. The van der Waals surface area contributed by atoms with Gasteiger partial charge in [-0.15, -0.1) is 21.5 Å². The van der Waals surface area contributed by atoms with Crippen molar-refractivity contribution in [3.8, 4) is 11.6 Å². The summed E-state index contributed by atoms with van der Waals surface area (Å²) in [5.41, 5.74) is 0.122. The van der Waals surface area contributed by atoms with E-state index in [9.17, 15) is 14.4 Å². The summed E-state index contributed by atoms with van der Waals surface area (Å²) < 4.78 is 13.0. The van der Waals surface area contributed by atoms with Crippen molar-refractivity contribution in [2.75, 3.05) is 6.54 Å². The molecule has 3 aromatic heterocycles. The van der Waals surface area contributed by atoms with E-state index < -0.39 is 17.2 Å². The minimum absolute atomic E-state index is 0.0445. The molecule has 0 spiro atoms. The monoisotopic (exact) mass is 604 g/mol. The van der Waals surface area contributed by atoms with Gasteiger partial charge in [-0.1, -0.05) is 30.3 Å². The van der Waals surface area contributed by atoms with Crippen molar-refractivity contribution in [2.45, 2.75) is 71.1 Å². The second-order valence-electron chi connectivity index (χ2n) is 12.0. The Morgan fingerprint density at radius 1 is 1.14 bits per heavy atom. The number of carbonyl (C=O) groups is 2. The van der Waals surface area contributed by atoms with Crippen LogP contribution in [0.3, 0.4) is 0 Å². The summed E-state index contributed by atoms with van der Waals surface area (Å²) in [6.45, 7) is 9.62. The number of nitrogens with zero attached hydrogens (tertiary/aromatic N) is 5. The zero-order chi connectivity index (χ0) is 30.9. The number of aryl methyl sites for hydroxylation is 1. The molecular formula is C31H36N6O5S. The summed E-state index contributed by atoms with van der Waals surface area (Å²) in [7, 11) is 1.58. The smallest absolute Gasteiger partial charge is 0.408 e. The zero-order valence-electron chi connectivity index (χ0n) is 25.2. The summed E-state index contributed by atoms with van der Waals surface area (Å²) >= 11 is 1.54. The number of pyridine rings is 1. The van der Waals surface area contributed by atoms with Crippen LogP contribution in [0.25, 0.3) is 11.6 Å². The highest BCUT2D eigenvalue weighted by molar-refractivity contribution is 7.09. The van der Waals surface area contributed by atoms with Gasteiger partial charge in [0, 0.05) is 42.7 Å². The molecule has 0 saturated carbocycles. The van der Waals surface area contributed by atoms with Crippen LogP contribution in [0.5, 0.6) is 0 Å². The molecule has 1 saturated heterocycles. The van der Waals surface area contributed by atoms with Crippen LogP contribution < -0.4 is 10.9 Å². The fourth-order valence-corrected chi connectivity index (χ4v) is 6.12. The predicted molar refractivity (Wildman–Crippen MR) is 162 cm³/mol. The number of amides is 2. The molecular weight excluding hydrogens is 568 g/mol. The number of aromatic nitrogens is 4. The van der Waals surface area contributed by atoms with Gasteiger partial charge in [-0.2, -0.15) is 0 Å². The van der Waals surface area contributed by atoms with E-state index in [0.29, 0.717) is 13.0 Å². The molecule has 5 rings (SSSR count). The van der Waals surface area contributed by atoms with E-state index in [2.05, 4.69) is 20.5 Å². The lowest BCUT2D eigenvalue weighted by Gasteiger charge is -2.29. The van der Waals surface area contributed by atoms with Gasteiger partial charge in [0.05, 0.1) is 6.04 Å². The van der Waals surface area contributed by atoms with Gasteiger partial charge in [0.2, 0.25) is 5.89 Å². The summed E-state index contributed by atoms with van der Waals surface area (Å²) in [6, 6.07) is 12.4. The van der Waals surface area contributed by atoms with Crippen molar-refractivity contribution in [1.29, 1.82) is 0 Å². The fraction of sp³-hybridized carbons (Fsp3) is 0.419. The van der Waals surface area contributed by atoms with Crippen LogP contribution in [0, 0.1) is 6.92 Å². The lowest BCUT2D eigenvalue weighted by atomic mass is 9.92. The topological polar surface area (TPSA) is 132 Å². The number of hydrogen-bond donors (Lipinski definition) is 1. The molecule has 4 aromatic rings. The first-order chi connectivity index (χ1) is 20.3. The van der Waals surface area contributed by atoms with E-state index in [1.165, 1.54) is 22.0 Å². The Morgan fingerprint density at radius 2 is 1.88 bits per heavy atom. The number of likely N-dealkylation sites (tertiary alicyclic amines) is 1. The summed E-state index contributed by atoms with van der Waals surface area (Å²) in [4.78, 5) is 46.0. The summed E-state index contributed by atoms with van der Waals surface area (Å²) in [6.07, 6.45) is 1.36. The lowest BCUT2D eigenvalue weighted by Crippen LogP contribution is -2.47. The number of ether oxygens (including phenoxy) is 1. The van der Waals surface area contributed by atoms with Crippen molar-refractivity contribution < 1.29 is 18.7 Å². The molecule has 0 bridgehead atoms. The Hall–Kier alpha value is -4.32. The number of benzene rings is 1. The van der Waals surface area contributed by atoms with Gasteiger partial charge < -0.3 is 23.9 Å². The molecule has 2 amide bonds. The number of thiazole rings is 1. The molecule has 0 aliphatic carbocycles. The van der Waals surface area contributed by atoms with Gasteiger partial charge in [0.15, 0.2) is 0 Å². The molecule has 2 atom stereocenters. The molecule has 1 aliphatic heterocycles. The molecule has 4 heterocycles. The molecule has 0 unspecified atom stereocenters. The van der Waals surface area contributed by atoms with Gasteiger partial charge in [-0.05, 0) is 59.1 Å². The molecule has 1 aliphatic rings. The lowest BCUT2D eigenvalue weighted by molar-refractivity contribution is 0.0443. The average Bonchev–Trinajstić information content (AvgIpc) is 3.70. The normalized spacial score (nSPS) is 16.6. The van der Waals surface area contributed by atoms with Crippen LogP contribution in [-0.2, 0) is 23.7 Å². The Bertz CT molecular complexity index is 1690. The second-order valence-corrected chi connectivity index (χ2v) is 12.9. The number of nitrogens with one attached hydrogen (secondary N) is 1. The Balaban J connectivity index is 1.48. The zero-order valence-corrected chi connectivity index (χ0v) is 26.0. The first-order valence-electron chi connectivity index (χ1n) is 14.2. The second kappa shape index (κ2) is 11.8. The maximum absolute atomic E-state index is 13.7. The number of alkyl carbamates (subject to hydrolysis) is 1. The first kappa shape index (κ1) is 30.1. The maximum Gasteiger partial charge on any atom is 0.408 e. The van der Waals surface area contributed by atoms with E-state index in [-0.39, 0.29) is 40.5 Å². The van der Waals surface area contributed by atoms with Gasteiger partial charge >= 0.3 is 6.09 Å². The minimum atomic E-state index is -1.14. The first-order valence-corrected chi connectivity index (χ1v) is 15.0. The molecule has 43 heavy (non-hydrogen) atoms. The largest absolute Gasteiger partial charge is 0.444 e. The van der Waals surface area contributed by atoms with Crippen molar-refractivity contribution in [3.05, 3.63) is 85.9 Å². The summed E-state index contributed by atoms with van der Waals surface area (Å²) in [5.74, 6) is -0.0854. The molecule has 12 heteroatoms. The van der Waals surface area contributed by atoms with E-state index in [0.717, 1.165) is 29.1 Å². The molecule has 1 fully saturated rings. The van der Waals surface area contributed by atoms with Gasteiger partial charge in [0.25, 0.3) is 17.4 Å². The average molecular weight is 605 g/mol. The van der Waals surface area contributed by atoms with Crippen molar-refractivity contribution in [3.63, 3.8) is 0 Å². The van der Waals surface area contributed by atoms with E-state index in [1.54, 1.807) is 45.7 Å². The van der Waals surface area contributed by atoms with Crippen molar-refractivity contribution in [2.24, 2.45) is 7.05 Å². The van der Waals surface area contributed by atoms with E-state index in [4.69, 9.17) is 9.15 Å². The quantitative estimate of drug-likeness (QED) is 0.306. The highest BCUT2D eigenvalue weighted by Gasteiger charge is 2.37. The van der Waals surface area contributed by atoms with E-state index in [1.807, 2.05) is 42.6 Å². The predicted octanol–water partition coefficient (Wildman–Crippen LogP) is 5.16. The molecule has 0 radical (unpaired) electrons. The third-order valence-corrected chi connectivity index (χ3v) is 8.30. The SMILES string of the molecule is Cc1csc([C@H]2CCCN2C(=O)c2cc(-c3nnc([C@@](C)(Cc4ccccc4)NC(=O)OC(C)(C)C)o3)n(C)c(=O)c2)n1. The summed E-state index contributed by atoms with van der Waals surface area (Å²) in [5, 5.41) is 14.3. The standard InChI is InChI=1S/C31H36N6O5S/c1-19-18-43-26(32-19)22-13-10-14-37(22)27(39)21-15-23(36(6)24(38)16-21)25-34-35-28(41-25)31(5,17-20-11-8-7-9-12-20)33-29(40)42-30(2,3)4/h7-9,11-12,15-16,18,22H,10,13-14,17H2,1-6H3,(H,33,40)/t22-,31-/m1/s1. The van der Waals surface area contributed by atoms with Crippen LogP contribution in [0.4, 0.5) is 4.79 Å². The van der Waals surface area contributed by atoms with Crippen LogP contribution >= 0.6 is 11.3 Å². The van der Waals surface area contributed by atoms with Crippen molar-refractivity contribution in [1.82, 2.24) is 30.0 Å². The van der Waals surface area contributed by atoms with Crippen molar-refractivity contribution >= 4 is 23.3 Å². The Kier molecular flexibility index (Phi) is 8.24. The Labute approximate surface area is 253 Å². The van der Waals surface area contributed by atoms with Crippen LogP contribution in [0.2, 0.25) is 0 Å². The van der Waals surface area contributed by atoms with Crippen LogP contribution in [0.1, 0.15) is 79.1 Å². The fourth-order valence-electron chi connectivity index (χ4n) is 5.18. The van der Waals surface area contributed by atoms with Crippen LogP contribution in [0.15, 0.2) is 57.1 Å². The van der Waals surface area contributed by atoms with E-state index >= 15 is 0 Å². The van der Waals surface area contributed by atoms with Crippen LogP contribution in [-0.4, -0.2) is 48.8 Å².